The zero-order chi connectivity index (χ0) is 19.4. The molecule has 0 spiro atoms. The van der Waals surface area contributed by atoms with E-state index in [0.717, 1.165) is 4.90 Å². The zero-order valence-electron chi connectivity index (χ0n) is 14.4. The molecule has 140 valence electrons. The molecule has 1 atom stereocenters. The number of carbonyl (C=O) groups is 4. The Balaban J connectivity index is 2.01. The Bertz CT molecular complexity index is 720. The summed E-state index contributed by atoms with van der Waals surface area (Å²) >= 11 is 5.81. The minimum atomic E-state index is -1.11. The molecular formula is C17H20ClN3O5. The zero-order valence-corrected chi connectivity index (χ0v) is 15.2. The number of imide groups is 1. The number of carboxylic acid groups (broad SMARTS) is 1. The summed E-state index contributed by atoms with van der Waals surface area (Å²) in [4.78, 5) is 50.0. The van der Waals surface area contributed by atoms with Crippen LogP contribution in [0.5, 0.6) is 0 Å². The van der Waals surface area contributed by atoms with E-state index < -0.39 is 30.5 Å². The third kappa shape index (κ3) is 4.51. The van der Waals surface area contributed by atoms with Gasteiger partial charge in [0, 0.05) is 17.5 Å². The summed E-state index contributed by atoms with van der Waals surface area (Å²) in [6, 6.07) is 4.57. The van der Waals surface area contributed by atoms with Gasteiger partial charge in [-0.2, -0.15) is 0 Å². The molecule has 0 radical (unpaired) electrons. The molecule has 1 aromatic carbocycles. The lowest BCUT2D eigenvalue weighted by Crippen LogP contribution is -2.41. The van der Waals surface area contributed by atoms with Crippen LogP contribution in [0.3, 0.4) is 0 Å². The SMILES string of the molecule is CC(C)N(CC(=O)O)C(=O)CCC1NC(=O)N(c2ccc(Cl)cc2)C1=O. The van der Waals surface area contributed by atoms with Crippen molar-refractivity contribution < 1.29 is 24.3 Å². The molecule has 2 rings (SSSR count). The molecule has 1 aliphatic rings. The maximum atomic E-state index is 12.5. The number of rotatable bonds is 7. The Morgan fingerprint density at radius 1 is 1.27 bits per heavy atom. The van der Waals surface area contributed by atoms with Gasteiger partial charge in [0.2, 0.25) is 5.91 Å². The van der Waals surface area contributed by atoms with Gasteiger partial charge >= 0.3 is 12.0 Å². The quantitative estimate of drug-likeness (QED) is 0.701. The predicted octanol–water partition coefficient (Wildman–Crippen LogP) is 1.87. The molecule has 1 fully saturated rings. The Morgan fingerprint density at radius 2 is 1.88 bits per heavy atom. The first kappa shape index (κ1) is 19.7. The molecule has 26 heavy (non-hydrogen) atoms. The molecule has 4 amide bonds. The van der Waals surface area contributed by atoms with Crippen molar-refractivity contribution in [1.82, 2.24) is 10.2 Å². The van der Waals surface area contributed by atoms with E-state index in [0.29, 0.717) is 10.7 Å². The number of anilines is 1. The number of amides is 4. The summed E-state index contributed by atoms with van der Waals surface area (Å²) in [5.41, 5.74) is 0.389. The van der Waals surface area contributed by atoms with E-state index in [-0.39, 0.29) is 24.8 Å². The highest BCUT2D eigenvalue weighted by atomic mass is 35.5. The monoisotopic (exact) mass is 381 g/mol. The first-order valence-corrected chi connectivity index (χ1v) is 8.49. The van der Waals surface area contributed by atoms with Crippen molar-refractivity contribution in [2.45, 2.75) is 38.8 Å². The van der Waals surface area contributed by atoms with Gasteiger partial charge in [0.15, 0.2) is 0 Å². The van der Waals surface area contributed by atoms with Crippen molar-refractivity contribution in [3.05, 3.63) is 29.3 Å². The fourth-order valence-corrected chi connectivity index (χ4v) is 2.80. The number of nitrogens with zero attached hydrogens (tertiary/aromatic N) is 2. The minimum Gasteiger partial charge on any atom is -0.480 e. The number of urea groups is 1. The van der Waals surface area contributed by atoms with Crippen LogP contribution < -0.4 is 10.2 Å². The van der Waals surface area contributed by atoms with E-state index in [2.05, 4.69) is 5.32 Å². The minimum absolute atomic E-state index is 0.0450. The maximum Gasteiger partial charge on any atom is 0.329 e. The highest BCUT2D eigenvalue weighted by Gasteiger charge is 2.39. The molecule has 1 heterocycles. The van der Waals surface area contributed by atoms with Gasteiger partial charge in [-0.1, -0.05) is 11.6 Å². The van der Waals surface area contributed by atoms with Crippen molar-refractivity contribution in [1.29, 1.82) is 0 Å². The molecular weight excluding hydrogens is 362 g/mol. The van der Waals surface area contributed by atoms with Gasteiger partial charge < -0.3 is 15.3 Å². The van der Waals surface area contributed by atoms with Crippen LogP contribution in [0.4, 0.5) is 10.5 Å². The fraction of sp³-hybridized carbons (Fsp3) is 0.412. The number of halogens is 1. The van der Waals surface area contributed by atoms with E-state index >= 15 is 0 Å². The van der Waals surface area contributed by atoms with Crippen LogP contribution >= 0.6 is 11.6 Å². The fourth-order valence-electron chi connectivity index (χ4n) is 2.68. The van der Waals surface area contributed by atoms with Crippen molar-refractivity contribution in [3.8, 4) is 0 Å². The summed E-state index contributed by atoms with van der Waals surface area (Å²) in [7, 11) is 0. The molecule has 1 aliphatic heterocycles. The second kappa shape index (κ2) is 8.18. The lowest BCUT2D eigenvalue weighted by Gasteiger charge is -2.25. The smallest absolute Gasteiger partial charge is 0.329 e. The number of carbonyl (C=O) groups excluding carboxylic acids is 3. The van der Waals surface area contributed by atoms with E-state index in [1.54, 1.807) is 38.1 Å². The Hall–Kier alpha value is -2.61. The lowest BCUT2D eigenvalue weighted by molar-refractivity contribution is -0.145. The van der Waals surface area contributed by atoms with Crippen LogP contribution in [0.25, 0.3) is 0 Å². The number of hydrogen-bond donors (Lipinski definition) is 2. The number of nitrogens with one attached hydrogen (secondary N) is 1. The summed E-state index contributed by atoms with van der Waals surface area (Å²) < 4.78 is 0. The Morgan fingerprint density at radius 3 is 2.42 bits per heavy atom. The largest absolute Gasteiger partial charge is 0.480 e. The van der Waals surface area contributed by atoms with Crippen LogP contribution in [-0.2, 0) is 14.4 Å². The van der Waals surface area contributed by atoms with Crippen LogP contribution in [-0.4, -0.2) is 52.4 Å². The van der Waals surface area contributed by atoms with Crippen LogP contribution in [0.2, 0.25) is 5.02 Å². The van der Waals surface area contributed by atoms with Crippen molar-refractivity contribution in [3.63, 3.8) is 0 Å². The molecule has 9 heteroatoms. The first-order valence-electron chi connectivity index (χ1n) is 8.12. The standard InChI is InChI=1S/C17H20ClN3O5/c1-10(2)20(9-15(23)24)14(22)8-7-13-16(25)21(17(26)19-13)12-5-3-11(18)4-6-12/h3-6,10,13H,7-9H2,1-2H3,(H,19,26)(H,23,24). The van der Waals surface area contributed by atoms with E-state index in [1.165, 1.54) is 4.90 Å². The van der Waals surface area contributed by atoms with Gasteiger partial charge in [0.1, 0.15) is 12.6 Å². The molecule has 1 saturated heterocycles. The number of hydrogen-bond acceptors (Lipinski definition) is 4. The average Bonchev–Trinajstić information content (AvgIpc) is 2.85. The molecule has 0 saturated carbocycles. The normalized spacial score (nSPS) is 16.8. The van der Waals surface area contributed by atoms with Gasteiger partial charge in [-0.15, -0.1) is 0 Å². The molecule has 2 N–H and O–H groups in total. The van der Waals surface area contributed by atoms with Gasteiger partial charge in [-0.3, -0.25) is 14.4 Å². The van der Waals surface area contributed by atoms with Crippen molar-refractivity contribution in [2.75, 3.05) is 11.4 Å². The molecule has 0 aliphatic carbocycles. The second-order valence-corrected chi connectivity index (χ2v) is 6.64. The summed E-state index contributed by atoms with van der Waals surface area (Å²) in [5.74, 6) is -1.94. The Kier molecular flexibility index (Phi) is 6.20. The topological polar surface area (TPSA) is 107 Å². The van der Waals surface area contributed by atoms with Crippen molar-refractivity contribution in [2.24, 2.45) is 0 Å². The highest BCUT2D eigenvalue weighted by molar-refractivity contribution is 6.30. The number of benzene rings is 1. The molecule has 8 nitrogen and oxygen atoms in total. The summed E-state index contributed by atoms with van der Waals surface area (Å²) in [6.45, 7) is 3.02. The van der Waals surface area contributed by atoms with Crippen LogP contribution in [0, 0.1) is 0 Å². The highest BCUT2D eigenvalue weighted by Crippen LogP contribution is 2.23. The first-order chi connectivity index (χ1) is 12.2. The predicted molar refractivity (Wildman–Crippen MR) is 95.0 cm³/mol. The maximum absolute atomic E-state index is 12.5. The third-order valence-corrected chi connectivity index (χ3v) is 4.25. The molecule has 1 aromatic rings. The van der Waals surface area contributed by atoms with Crippen LogP contribution in [0.1, 0.15) is 26.7 Å². The van der Waals surface area contributed by atoms with Crippen LogP contribution in [0.15, 0.2) is 24.3 Å². The number of aliphatic carboxylic acids is 1. The van der Waals surface area contributed by atoms with Gasteiger partial charge in [0.05, 0.1) is 5.69 Å². The third-order valence-electron chi connectivity index (χ3n) is 4.00. The van der Waals surface area contributed by atoms with E-state index in [4.69, 9.17) is 16.7 Å². The molecule has 1 unspecified atom stereocenters. The Labute approximate surface area is 155 Å². The van der Waals surface area contributed by atoms with Gasteiger partial charge in [-0.05, 0) is 44.5 Å². The van der Waals surface area contributed by atoms with E-state index in [9.17, 15) is 19.2 Å². The molecule has 0 bridgehead atoms. The van der Waals surface area contributed by atoms with Gasteiger partial charge in [-0.25, -0.2) is 9.69 Å². The van der Waals surface area contributed by atoms with Gasteiger partial charge in [0.25, 0.3) is 5.91 Å². The average molecular weight is 382 g/mol. The van der Waals surface area contributed by atoms with E-state index in [1.807, 2.05) is 0 Å². The summed E-state index contributed by atoms with van der Waals surface area (Å²) in [5, 5.41) is 11.9. The second-order valence-electron chi connectivity index (χ2n) is 6.20. The number of carboxylic acids is 1. The van der Waals surface area contributed by atoms with Crippen molar-refractivity contribution >= 4 is 41.1 Å². The lowest BCUT2D eigenvalue weighted by atomic mass is 10.1. The summed E-state index contributed by atoms with van der Waals surface area (Å²) in [6.07, 6.45) is 0.0486. The molecule has 0 aromatic heterocycles.